The summed E-state index contributed by atoms with van der Waals surface area (Å²) in [5.41, 5.74) is 5.83. The molecular weight excluding hydrogens is 438 g/mol. The molecule has 0 fully saturated rings. The summed E-state index contributed by atoms with van der Waals surface area (Å²) in [5, 5.41) is 2.53. The second-order valence-electron chi connectivity index (χ2n) is 8.00. The van der Waals surface area contributed by atoms with Crippen LogP contribution in [0.2, 0.25) is 0 Å². The van der Waals surface area contributed by atoms with Crippen molar-refractivity contribution >= 4 is 29.1 Å². The van der Waals surface area contributed by atoms with Crippen LogP contribution in [0.5, 0.6) is 11.5 Å². The van der Waals surface area contributed by atoms with Gasteiger partial charge >= 0.3 is 0 Å². The molecule has 0 spiro atoms. The maximum absolute atomic E-state index is 12.6. The van der Waals surface area contributed by atoms with Gasteiger partial charge in [-0.2, -0.15) is 0 Å². The van der Waals surface area contributed by atoms with Crippen LogP contribution >= 0.6 is 12.2 Å². The van der Waals surface area contributed by atoms with Gasteiger partial charge in [0.2, 0.25) is 0 Å². The average Bonchev–Trinajstić information content (AvgIpc) is 2.81. The molecule has 2 aromatic rings. The quantitative estimate of drug-likeness (QED) is 0.252. The van der Waals surface area contributed by atoms with Crippen LogP contribution in [0.3, 0.4) is 0 Å². The first-order chi connectivity index (χ1) is 15.9. The standard InChI is InChI=1S/C25H33N3O4S/c1-4-5-6-9-16-31-22-11-8-7-10-21(22)24(30)26-25(33)28-27-23(29)19-12-14-20(15-13-19)32-17-18(2)3/h7-8,10-15,18H,4-6,9,16-17H2,1-3H3,(H,27,29)(H2,26,28,30,33). The lowest BCUT2D eigenvalue weighted by atomic mass is 10.2. The number of hydrogen-bond acceptors (Lipinski definition) is 5. The average molecular weight is 472 g/mol. The van der Waals surface area contributed by atoms with Crippen molar-refractivity contribution in [3.63, 3.8) is 0 Å². The largest absolute Gasteiger partial charge is 0.493 e. The molecule has 8 heteroatoms. The van der Waals surface area contributed by atoms with Crippen LogP contribution < -0.4 is 25.6 Å². The molecular formula is C25H33N3O4S. The zero-order valence-electron chi connectivity index (χ0n) is 19.5. The Morgan fingerprint density at radius 1 is 0.909 bits per heavy atom. The number of thiocarbonyl (C=S) groups is 1. The van der Waals surface area contributed by atoms with Gasteiger partial charge in [0, 0.05) is 5.56 Å². The summed E-state index contributed by atoms with van der Waals surface area (Å²) < 4.78 is 11.4. The van der Waals surface area contributed by atoms with Gasteiger partial charge in [-0.25, -0.2) is 0 Å². The molecule has 7 nitrogen and oxygen atoms in total. The molecule has 0 saturated heterocycles. The molecule has 0 bridgehead atoms. The smallest absolute Gasteiger partial charge is 0.269 e. The first-order valence-corrected chi connectivity index (χ1v) is 11.7. The normalized spacial score (nSPS) is 10.4. The number of para-hydroxylation sites is 1. The van der Waals surface area contributed by atoms with Crippen molar-refractivity contribution in [2.75, 3.05) is 13.2 Å². The predicted molar refractivity (Wildman–Crippen MR) is 134 cm³/mol. The van der Waals surface area contributed by atoms with E-state index in [4.69, 9.17) is 21.7 Å². The lowest BCUT2D eigenvalue weighted by Gasteiger charge is -2.14. The van der Waals surface area contributed by atoms with E-state index in [-0.39, 0.29) is 5.11 Å². The molecule has 0 saturated carbocycles. The number of hydrazine groups is 1. The third-order valence-corrected chi connectivity index (χ3v) is 4.81. The minimum Gasteiger partial charge on any atom is -0.493 e. The van der Waals surface area contributed by atoms with E-state index in [1.807, 2.05) is 6.07 Å². The topological polar surface area (TPSA) is 88.7 Å². The number of benzene rings is 2. The zero-order valence-corrected chi connectivity index (χ0v) is 20.3. The Hall–Kier alpha value is -3.13. The van der Waals surface area contributed by atoms with Gasteiger partial charge in [0.05, 0.1) is 18.8 Å². The van der Waals surface area contributed by atoms with Crippen LogP contribution in [-0.4, -0.2) is 30.1 Å². The molecule has 0 aliphatic carbocycles. The first-order valence-electron chi connectivity index (χ1n) is 11.3. The molecule has 2 amide bonds. The Morgan fingerprint density at radius 2 is 1.64 bits per heavy atom. The summed E-state index contributed by atoms with van der Waals surface area (Å²) in [6, 6.07) is 13.8. The third kappa shape index (κ3) is 9.49. The molecule has 2 aromatic carbocycles. The molecule has 2 rings (SSSR count). The van der Waals surface area contributed by atoms with E-state index in [0.29, 0.717) is 41.8 Å². The van der Waals surface area contributed by atoms with Crippen LogP contribution in [0.15, 0.2) is 48.5 Å². The fraction of sp³-hybridized carbons (Fsp3) is 0.400. The fourth-order valence-corrected chi connectivity index (χ4v) is 2.99. The molecule has 0 unspecified atom stereocenters. The van der Waals surface area contributed by atoms with Crippen LogP contribution in [-0.2, 0) is 0 Å². The molecule has 33 heavy (non-hydrogen) atoms. The summed E-state index contributed by atoms with van der Waals surface area (Å²) in [6.07, 6.45) is 4.33. The SMILES string of the molecule is CCCCCCOc1ccccc1C(=O)NC(=S)NNC(=O)c1ccc(OCC(C)C)cc1. The Labute approximate surface area is 201 Å². The summed E-state index contributed by atoms with van der Waals surface area (Å²) in [7, 11) is 0. The number of nitrogens with one attached hydrogen (secondary N) is 3. The van der Waals surface area contributed by atoms with Crippen molar-refractivity contribution in [3.8, 4) is 11.5 Å². The monoisotopic (exact) mass is 471 g/mol. The van der Waals surface area contributed by atoms with Crippen molar-refractivity contribution < 1.29 is 19.1 Å². The summed E-state index contributed by atoms with van der Waals surface area (Å²) in [6.45, 7) is 7.43. The Bertz CT molecular complexity index is 916. The van der Waals surface area contributed by atoms with Gasteiger partial charge in [0.1, 0.15) is 11.5 Å². The number of unbranched alkanes of at least 4 members (excludes halogenated alkanes) is 3. The van der Waals surface area contributed by atoms with Gasteiger partial charge in [-0.1, -0.05) is 52.2 Å². The van der Waals surface area contributed by atoms with Crippen molar-refractivity contribution in [2.24, 2.45) is 5.92 Å². The molecule has 3 N–H and O–H groups in total. The zero-order chi connectivity index (χ0) is 24.1. The van der Waals surface area contributed by atoms with Gasteiger partial charge < -0.3 is 9.47 Å². The van der Waals surface area contributed by atoms with Crippen molar-refractivity contribution in [2.45, 2.75) is 46.5 Å². The van der Waals surface area contributed by atoms with Crippen LogP contribution in [0, 0.1) is 5.92 Å². The van der Waals surface area contributed by atoms with E-state index >= 15 is 0 Å². The van der Waals surface area contributed by atoms with Gasteiger partial charge in [-0.3, -0.25) is 25.8 Å². The number of carbonyl (C=O) groups excluding carboxylic acids is 2. The highest BCUT2D eigenvalue weighted by Crippen LogP contribution is 2.18. The van der Waals surface area contributed by atoms with E-state index in [0.717, 1.165) is 25.7 Å². The molecule has 178 valence electrons. The van der Waals surface area contributed by atoms with E-state index in [1.165, 1.54) is 0 Å². The van der Waals surface area contributed by atoms with E-state index in [2.05, 4.69) is 36.9 Å². The molecule has 0 aliphatic rings. The van der Waals surface area contributed by atoms with E-state index in [9.17, 15) is 9.59 Å². The fourth-order valence-electron chi connectivity index (χ4n) is 2.84. The highest BCUT2D eigenvalue weighted by molar-refractivity contribution is 7.80. The van der Waals surface area contributed by atoms with Gasteiger partial charge in [-0.15, -0.1) is 0 Å². The van der Waals surface area contributed by atoms with E-state index < -0.39 is 11.8 Å². The minimum atomic E-state index is -0.419. The molecule has 0 aliphatic heterocycles. The second kappa shape index (κ2) is 14.1. The second-order valence-corrected chi connectivity index (χ2v) is 8.41. The highest BCUT2D eigenvalue weighted by atomic mass is 32.1. The highest BCUT2D eigenvalue weighted by Gasteiger charge is 2.14. The van der Waals surface area contributed by atoms with Crippen LogP contribution in [0.25, 0.3) is 0 Å². The number of rotatable bonds is 11. The van der Waals surface area contributed by atoms with E-state index in [1.54, 1.807) is 42.5 Å². The maximum Gasteiger partial charge on any atom is 0.269 e. The molecule has 0 aromatic heterocycles. The lowest BCUT2D eigenvalue weighted by Crippen LogP contribution is -2.48. The molecule has 0 heterocycles. The minimum absolute atomic E-state index is 0.0250. The first kappa shape index (κ1) is 26.1. The maximum atomic E-state index is 12.6. The lowest BCUT2D eigenvalue weighted by molar-refractivity contribution is 0.0933. The Morgan fingerprint density at radius 3 is 2.33 bits per heavy atom. The van der Waals surface area contributed by atoms with Gasteiger partial charge in [-0.05, 0) is 61.0 Å². The van der Waals surface area contributed by atoms with Crippen molar-refractivity contribution in [1.82, 2.24) is 16.2 Å². The number of hydrogen-bond donors (Lipinski definition) is 3. The summed E-state index contributed by atoms with van der Waals surface area (Å²) in [4.78, 5) is 25.0. The third-order valence-electron chi connectivity index (χ3n) is 4.60. The van der Waals surface area contributed by atoms with Crippen LogP contribution in [0.1, 0.15) is 67.2 Å². The predicted octanol–water partition coefficient (Wildman–Crippen LogP) is 4.63. The summed E-state index contributed by atoms with van der Waals surface area (Å²) >= 11 is 5.14. The Kier molecular flexibility index (Phi) is 11.2. The van der Waals surface area contributed by atoms with Gasteiger partial charge in [0.25, 0.3) is 11.8 Å². The Balaban J connectivity index is 1.82. The summed E-state index contributed by atoms with van der Waals surface area (Å²) in [5.74, 6) is 0.799. The van der Waals surface area contributed by atoms with Crippen LogP contribution in [0.4, 0.5) is 0 Å². The number of ether oxygens (including phenoxy) is 2. The number of carbonyl (C=O) groups is 2. The van der Waals surface area contributed by atoms with Gasteiger partial charge in [0.15, 0.2) is 5.11 Å². The number of amides is 2. The van der Waals surface area contributed by atoms with Crippen molar-refractivity contribution in [3.05, 3.63) is 59.7 Å². The van der Waals surface area contributed by atoms with Crippen molar-refractivity contribution in [1.29, 1.82) is 0 Å². The molecule has 0 atom stereocenters. The molecule has 0 radical (unpaired) electrons.